The number of allylic oxidation sites excluding steroid dienone is 2. The molecule has 8 aromatic rings. The van der Waals surface area contributed by atoms with Gasteiger partial charge in [-0.25, -0.2) is 15.0 Å². The third-order valence-corrected chi connectivity index (χ3v) is 9.48. The van der Waals surface area contributed by atoms with E-state index in [0.717, 1.165) is 60.9 Å². The van der Waals surface area contributed by atoms with Crippen molar-refractivity contribution in [2.45, 2.75) is 12.0 Å². The zero-order valence-corrected chi connectivity index (χ0v) is 25.7. The molecule has 1 aliphatic carbocycles. The van der Waals surface area contributed by atoms with E-state index in [9.17, 15) is 0 Å². The van der Waals surface area contributed by atoms with Crippen molar-refractivity contribution in [2.24, 2.45) is 0 Å². The van der Waals surface area contributed by atoms with Crippen LogP contribution in [-0.4, -0.2) is 21.1 Å². The van der Waals surface area contributed by atoms with Crippen molar-refractivity contribution >= 4 is 38.3 Å². The quantitative estimate of drug-likeness (QED) is 0.197. The summed E-state index contributed by atoms with van der Waals surface area (Å²) in [6.45, 7) is 0. The number of aromatic nitrogens is 3. The SMILES string of the molecule is C1=CC2c3ccccc3OC2C=C1c1ccc2oc3ccccc3c2c1-c1nc(-c2ccccc2)nc(-c2ccc3ccccc3c2)n1. The molecule has 3 heterocycles. The molecule has 5 nitrogen and oxygen atoms in total. The Morgan fingerprint density at radius 2 is 1.31 bits per heavy atom. The highest BCUT2D eigenvalue weighted by atomic mass is 16.5. The van der Waals surface area contributed by atoms with Crippen LogP contribution in [0.15, 0.2) is 156 Å². The van der Waals surface area contributed by atoms with Crippen molar-refractivity contribution in [3.8, 4) is 39.9 Å². The van der Waals surface area contributed by atoms with Gasteiger partial charge < -0.3 is 9.15 Å². The minimum Gasteiger partial charge on any atom is -0.485 e. The Morgan fingerprint density at radius 3 is 2.23 bits per heavy atom. The van der Waals surface area contributed by atoms with E-state index >= 15 is 0 Å². The molecule has 0 fully saturated rings. The van der Waals surface area contributed by atoms with Gasteiger partial charge in [-0.3, -0.25) is 0 Å². The second kappa shape index (κ2) is 10.6. The summed E-state index contributed by atoms with van der Waals surface area (Å²) in [6.07, 6.45) is 6.61. The topological polar surface area (TPSA) is 61.0 Å². The lowest BCUT2D eigenvalue weighted by atomic mass is 9.85. The summed E-state index contributed by atoms with van der Waals surface area (Å²) in [4.78, 5) is 15.5. The third kappa shape index (κ3) is 4.28. The molecule has 10 rings (SSSR count). The normalized spacial score (nSPS) is 16.5. The minimum atomic E-state index is -0.0987. The van der Waals surface area contributed by atoms with Crippen LogP contribution in [0, 0.1) is 0 Å². The van der Waals surface area contributed by atoms with Crippen LogP contribution < -0.4 is 4.74 Å². The van der Waals surface area contributed by atoms with E-state index in [1.165, 1.54) is 10.9 Å². The van der Waals surface area contributed by atoms with Crippen LogP contribution in [0.25, 0.3) is 72.4 Å². The highest BCUT2D eigenvalue weighted by molar-refractivity contribution is 6.14. The second-order valence-corrected chi connectivity index (χ2v) is 12.3. The molecule has 48 heavy (non-hydrogen) atoms. The zero-order chi connectivity index (χ0) is 31.6. The zero-order valence-electron chi connectivity index (χ0n) is 25.7. The number of nitrogens with zero attached hydrogens (tertiary/aromatic N) is 3. The number of fused-ring (bicyclic) bond motifs is 7. The van der Waals surface area contributed by atoms with Crippen molar-refractivity contribution in [1.29, 1.82) is 0 Å². The molecule has 0 N–H and O–H groups in total. The fraction of sp³-hybridized carbons (Fsp3) is 0.0465. The molecular formula is C43H27N3O2. The average Bonchev–Trinajstić information content (AvgIpc) is 3.72. The molecule has 226 valence electrons. The summed E-state index contributed by atoms with van der Waals surface area (Å²) >= 11 is 0. The lowest BCUT2D eigenvalue weighted by Crippen LogP contribution is -2.17. The number of rotatable bonds is 4. The van der Waals surface area contributed by atoms with E-state index in [2.05, 4.69) is 91.0 Å². The highest BCUT2D eigenvalue weighted by Gasteiger charge is 2.34. The molecule has 0 amide bonds. The van der Waals surface area contributed by atoms with Gasteiger partial charge in [0.1, 0.15) is 23.0 Å². The van der Waals surface area contributed by atoms with Crippen molar-refractivity contribution in [3.05, 3.63) is 163 Å². The van der Waals surface area contributed by atoms with E-state index in [1.54, 1.807) is 0 Å². The molecule has 2 aliphatic rings. The summed E-state index contributed by atoms with van der Waals surface area (Å²) in [6, 6.07) is 45.5. The molecular weight excluding hydrogens is 590 g/mol. The first-order chi connectivity index (χ1) is 23.8. The number of hydrogen-bond donors (Lipinski definition) is 0. The average molecular weight is 618 g/mol. The van der Waals surface area contributed by atoms with E-state index < -0.39 is 0 Å². The van der Waals surface area contributed by atoms with Gasteiger partial charge in [-0.2, -0.15) is 0 Å². The Kier molecular flexibility index (Phi) is 5.93. The minimum absolute atomic E-state index is 0.0987. The van der Waals surface area contributed by atoms with Crippen LogP contribution in [0.1, 0.15) is 17.0 Å². The number of hydrogen-bond acceptors (Lipinski definition) is 5. The maximum Gasteiger partial charge on any atom is 0.165 e. The Hall–Kier alpha value is -6.33. The van der Waals surface area contributed by atoms with Crippen LogP contribution in [0.2, 0.25) is 0 Å². The first kappa shape index (κ1) is 26.8. The summed E-state index contributed by atoms with van der Waals surface area (Å²) in [5, 5.41) is 4.29. The molecule has 0 bridgehead atoms. The van der Waals surface area contributed by atoms with Crippen LogP contribution in [0.3, 0.4) is 0 Å². The first-order valence-electron chi connectivity index (χ1n) is 16.2. The van der Waals surface area contributed by atoms with Crippen molar-refractivity contribution in [2.75, 3.05) is 0 Å². The van der Waals surface area contributed by atoms with Gasteiger partial charge in [0.15, 0.2) is 17.5 Å². The van der Waals surface area contributed by atoms with E-state index in [1.807, 2.05) is 60.7 Å². The van der Waals surface area contributed by atoms with Gasteiger partial charge >= 0.3 is 0 Å². The second-order valence-electron chi connectivity index (χ2n) is 12.3. The fourth-order valence-corrected chi connectivity index (χ4v) is 7.18. The highest BCUT2D eigenvalue weighted by Crippen LogP contribution is 2.46. The maximum atomic E-state index is 6.45. The summed E-state index contributed by atoms with van der Waals surface area (Å²) in [5.74, 6) is 2.93. The van der Waals surface area contributed by atoms with Crippen LogP contribution in [-0.2, 0) is 0 Å². The van der Waals surface area contributed by atoms with Gasteiger partial charge in [0, 0.05) is 38.9 Å². The molecule has 0 saturated carbocycles. The third-order valence-electron chi connectivity index (χ3n) is 9.48. The Bertz CT molecular complexity index is 2620. The number of para-hydroxylation sites is 2. The van der Waals surface area contributed by atoms with Gasteiger partial charge in [0.25, 0.3) is 0 Å². The van der Waals surface area contributed by atoms with E-state index in [4.69, 9.17) is 24.1 Å². The van der Waals surface area contributed by atoms with Crippen LogP contribution in [0.5, 0.6) is 5.75 Å². The standard InChI is InChI=1S/C43H27N3O2/c1-2-11-27(12-3-1)41-44-42(30-19-18-26-10-4-5-13-28(26)24-30)46-43(45-41)40-31(22-23-37-39(40)34-15-7-9-17-36(34)47-37)29-20-21-33-32-14-6-8-16-35(32)48-38(33)25-29/h1-25,33,38H. The van der Waals surface area contributed by atoms with Gasteiger partial charge in [-0.05, 0) is 58.3 Å². The Labute approximate surface area is 276 Å². The lowest BCUT2D eigenvalue weighted by molar-refractivity contribution is 0.269. The first-order valence-corrected chi connectivity index (χ1v) is 16.2. The molecule has 2 unspecified atom stereocenters. The fourth-order valence-electron chi connectivity index (χ4n) is 7.18. The maximum absolute atomic E-state index is 6.45. The van der Waals surface area contributed by atoms with Gasteiger partial charge in [-0.15, -0.1) is 0 Å². The molecule has 0 spiro atoms. The van der Waals surface area contributed by atoms with Gasteiger partial charge in [-0.1, -0.05) is 115 Å². The van der Waals surface area contributed by atoms with Crippen LogP contribution in [0.4, 0.5) is 0 Å². The summed E-state index contributed by atoms with van der Waals surface area (Å²) in [5.41, 5.74) is 7.65. The predicted octanol–water partition coefficient (Wildman–Crippen LogP) is 10.4. The number of furan rings is 1. The molecule has 2 aromatic heterocycles. The monoisotopic (exact) mass is 617 g/mol. The summed E-state index contributed by atoms with van der Waals surface area (Å²) in [7, 11) is 0. The van der Waals surface area contributed by atoms with Crippen molar-refractivity contribution in [1.82, 2.24) is 15.0 Å². The van der Waals surface area contributed by atoms with Crippen molar-refractivity contribution in [3.63, 3.8) is 0 Å². The molecule has 6 aromatic carbocycles. The Morgan fingerprint density at radius 1 is 0.562 bits per heavy atom. The summed E-state index contributed by atoms with van der Waals surface area (Å²) < 4.78 is 12.9. The molecule has 5 heteroatoms. The van der Waals surface area contributed by atoms with E-state index in [-0.39, 0.29) is 12.0 Å². The molecule has 0 radical (unpaired) electrons. The molecule has 2 atom stereocenters. The lowest BCUT2D eigenvalue weighted by Gasteiger charge is -2.20. The van der Waals surface area contributed by atoms with Gasteiger partial charge in [0.05, 0.1) is 0 Å². The van der Waals surface area contributed by atoms with Crippen LogP contribution >= 0.6 is 0 Å². The Balaban J connectivity index is 1.23. The molecule has 1 aliphatic heterocycles. The van der Waals surface area contributed by atoms with Gasteiger partial charge in [0.2, 0.25) is 0 Å². The number of benzene rings is 6. The smallest absolute Gasteiger partial charge is 0.165 e. The largest absolute Gasteiger partial charge is 0.485 e. The van der Waals surface area contributed by atoms with E-state index in [0.29, 0.717) is 17.5 Å². The van der Waals surface area contributed by atoms with Crippen molar-refractivity contribution < 1.29 is 9.15 Å². The number of ether oxygens (including phenoxy) is 1. The molecule has 0 saturated heterocycles. The predicted molar refractivity (Wildman–Crippen MR) is 192 cm³/mol.